The van der Waals surface area contributed by atoms with Gasteiger partial charge in [-0.15, -0.1) is 0 Å². The quantitative estimate of drug-likeness (QED) is 0.266. The van der Waals surface area contributed by atoms with E-state index in [0.29, 0.717) is 10.8 Å². The van der Waals surface area contributed by atoms with Gasteiger partial charge in [0.1, 0.15) is 12.6 Å². The van der Waals surface area contributed by atoms with Crippen LogP contribution in [0.25, 0.3) is 0 Å². The predicted octanol–water partition coefficient (Wildman–Crippen LogP) is 5.05. The highest BCUT2D eigenvalue weighted by Gasteiger charge is 2.33. The molecule has 7 nitrogen and oxygen atoms in total. The molecule has 0 aliphatic carbocycles. The summed E-state index contributed by atoms with van der Waals surface area (Å²) in [5, 5.41) is 2.90. The van der Waals surface area contributed by atoms with Crippen molar-refractivity contribution in [1.82, 2.24) is 10.2 Å². The van der Waals surface area contributed by atoms with Crippen LogP contribution in [0.2, 0.25) is 0 Å². The van der Waals surface area contributed by atoms with Crippen LogP contribution >= 0.6 is 15.9 Å². The minimum absolute atomic E-state index is 0.0141. The van der Waals surface area contributed by atoms with Crippen molar-refractivity contribution < 1.29 is 26.8 Å². The highest BCUT2D eigenvalue weighted by atomic mass is 79.9. The zero-order chi connectivity index (χ0) is 29.3. The molecule has 0 bridgehead atoms. The van der Waals surface area contributed by atoms with E-state index < -0.39 is 40.2 Å². The maximum atomic E-state index is 14.0. The lowest BCUT2D eigenvalue weighted by Crippen LogP contribution is -2.53. The first-order valence-corrected chi connectivity index (χ1v) is 15.4. The largest absolute Gasteiger partial charge is 0.354 e. The average Bonchev–Trinajstić information content (AvgIpc) is 2.92. The number of hydrogen-bond donors (Lipinski definition) is 1. The molecule has 214 valence electrons. The molecule has 0 saturated carbocycles. The third kappa shape index (κ3) is 8.85. The molecule has 11 heteroatoms. The van der Waals surface area contributed by atoms with Crippen LogP contribution in [0.3, 0.4) is 0 Å². The van der Waals surface area contributed by atoms with E-state index in [-0.39, 0.29) is 24.6 Å². The Morgan fingerprint density at radius 3 is 2.23 bits per heavy atom. The van der Waals surface area contributed by atoms with Gasteiger partial charge in [-0.2, -0.15) is 0 Å². The maximum Gasteiger partial charge on any atom is 0.244 e. The van der Waals surface area contributed by atoms with Gasteiger partial charge in [-0.3, -0.25) is 13.9 Å². The Morgan fingerprint density at radius 2 is 1.62 bits per heavy atom. The van der Waals surface area contributed by atoms with Gasteiger partial charge in [-0.1, -0.05) is 71.7 Å². The van der Waals surface area contributed by atoms with Gasteiger partial charge < -0.3 is 10.2 Å². The number of hydrogen-bond acceptors (Lipinski definition) is 4. The first-order chi connectivity index (χ1) is 19.0. The van der Waals surface area contributed by atoms with E-state index in [4.69, 9.17) is 0 Å². The fourth-order valence-electron chi connectivity index (χ4n) is 4.10. The summed E-state index contributed by atoms with van der Waals surface area (Å²) in [6, 6.07) is 18.0. The topological polar surface area (TPSA) is 86.8 Å². The Kier molecular flexibility index (Phi) is 11.2. The van der Waals surface area contributed by atoms with E-state index >= 15 is 0 Å². The fourth-order valence-corrected chi connectivity index (χ4v) is 5.21. The molecule has 1 unspecified atom stereocenters. The van der Waals surface area contributed by atoms with E-state index in [0.717, 1.165) is 52.9 Å². The third-order valence-corrected chi connectivity index (χ3v) is 7.91. The fraction of sp³-hybridized carbons (Fsp3) is 0.310. The van der Waals surface area contributed by atoms with Crippen molar-refractivity contribution in [2.45, 2.75) is 38.8 Å². The third-order valence-electron chi connectivity index (χ3n) is 6.24. The number of rotatable bonds is 13. The smallest absolute Gasteiger partial charge is 0.244 e. The molecule has 3 aromatic rings. The standard InChI is InChI=1S/C29H32BrF2N3O4S/c1-3-4-16-33-29(37)27(17-21-8-6-5-7-9-21)34(19-22-10-12-23(30)13-11-22)28(36)20-35(40(2,38)39)24-14-15-25(31)26(32)18-24/h5-15,18,27H,3-4,16-17,19-20H2,1-2H3,(H,33,37). The Labute approximate surface area is 242 Å². The van der Waals surface area contributed by atoms with Crippen LogP contribution in [0, 0.1) is 11.6 Å². The molecule has 0 saturated heterocycles. The number of sulfonamides is 1. The van der Waals surface area contributed by atoms with Crippen LogP contribution in [0.5, 0.6) is 0 Å². The lowest BCUT2D eigenvalue weighted by Gasteiger charge is -2.33. The second kappa shape index (κ2) is 14.4. The van der Waals surface area contributed by atoms with Gasteiger partial charge in [-0.25, -0.2) is 17.2 Å². The monoisotopic (exact) mass is 635 g/mol. The molecular formula is C29H32BrF2N3O4S. The molecule has 0 spiro atoms. The molecule has 40 heavy (non-hydrogen) atoms. The van der Waals surface area contributed by atoms with Crippen molar-refractivity contribution in [3.8, 4) is 0 Å². The van der Waals surface area contributed by atoms with E-state index in [2.05, 4.69) is 21.2 Å². The maximum absolute atomic E-state index is 14.0. The lowest BCUT2D eigenvalue weighted by molar-refractivity contribution is -0.140. The average molecular weight is 637 g/mol. The SMILES string of the molecule is CCCCNC(=O)C(Cc1ccccc1)N(Cc1ccc(Br)cc1)C(=O)CN(c1ccc(F)c(F)c1)S(C)(=O)=O. The van der Waals surface area contributed by atoms with Crippen LogP contribution in [0.4, 0.5) is 14.5 Å². The van der Waals surface area contributed by atoms with Crippen LogP contribution in [-0.2, 0) is 32.6 Å². The Morgan fingerprint density at radius 1 is 0.950 bits per heavy atom. The zero-order valence-corrected chi connectivity index (χ0v) is 24.7. The second-order valence-corrected chi connectivity index (χ2v) is 12.2. The number of carbonyl (C=O) groups is 2. The first-order valence-electron chi connectivity index (χ1n) is 12.8. The molecule has 0 heterocycles. The van der Waals surface area contributed by atoms with Crippen LogP contribution in [0.1, 0.15) is 30.9 Å². The summed E-state index contributed by atoms with van der Waals surface area (Å²) >= 11 is 3.39. The molecule has 0 aliphatic heterocycles. The van der Waals surface area contributed by atoms with Crippen LogP contribution < -0.4 is 9.62 Å². The number of anilines is 1. The van der Waals surface area contributed by atoms with Crippen LogP contribution in [0.15, 0.2) is 77.3 Å². The van der Waals surface area contributed by atoms with Crippen molar-refractivity contribution >= 4 is 43.5 Å². The van der Waals surface area contributed by atoms with Gasteiger partial charge in [0, 0.05) is 30.0 Å². The minimum Gasteiger partial charge on any atom is -0.354 e. The molecule has 0 fully saturated rings. The predicted molar refractivity (Wildman–Crippen MR) is 155 cm³/mol. The van der Waals surface area contributed by atoms with E-state index in [9.17, 15) is 26.8 Å². The molecule has 3 aromatic carbocycles. The van der Waals surface area contributed by atoms with Crippen molar-refractivity contribution in [2.75, 3.05) is 23.7 Å². The summed E-state index contributed by atoms with van der Waals surface area (Å²) in [5.41, 5.74) is 1.33. The van der Waals surface area contributed by atoms with E-state index in [1.807, 2.05) is 37.3 Å². The van der Waals surface area contributed by atoms with Gasteiger partial charge in [0.05, 0.1) is 11.9 Å². The summed E-state index contributed by atoms with van der Waals surface area (Å²) in [4.78, 5) is 28.8. The summed E-state index contributed by atoms with van der Waals surface area (Å²) in [5.74, 6) is -3.44. The molecule has 0 aliphatic rings. The van der Waals surface area contributed by atoms with Crippen LogP contribution in [-0.4, -0.2) is 50.5 Å². The Bertz CT molecular complexity index is 1410. The summed E-state index contributed by atoms with van der Waals surface area (Å²) in [6.07, 6.45) is 2.68. The molecule has 0 aromatic heterocycles. The number of unbranched alkanes of at least 4 members (excludes halogenated alkanes) is 1. The second-order valence-electron chi connectivity index (χ2n) is 9.37. The molecular weight excluding hydrogens is 604 g/mol. The van der Waals surface area contributed by atoms with Crippen molar-refractivity contribution in [3.05, 3.63) is 100 Å². The van der Waals surface area contributed by atoms with Gasteiger partial charge >= 0.3 is 0 Å². The summed E-state index contributed by atoms with van der Waals surface area (Å²) in [6.45, 7) is 1.72. The van der Waals surface area contributed by atoms with Crippen molar-refractivity contribution in [2.24, 2.45) is 0 Å². The minimum atomic E-state index is -4.09. The number of carbonyl (C=O) groups excluding carboxylic acids is 2. The highest BCUT2D eigenvalue weighted by molar-refractivity contribution is 9.10. The number of nitrogens with zero attached hydrogens (tertiary/aromatic N) is 2. The number of amides is 2. The summed E-state index contributed by atoms with van der Waals surface area (Å²) in [7, 11) is -4.09. The summed E-state index contributed by atoms with van der Waals surface area (Å²) < 4.78 is 54.6. The molecule has 3 rings (SSSR count). The van der Waals surface area contributed by atoms with Crippen molar-refractivity contribution in [3.63, 3.8) is 0 Å². The Hall–Kier alpha value is -3.31. The number of benzene rings is 3. The van der Waals surface area contributed by atoms with Gasteiger partial charge in [0.15, 0.2) is 11.6 Å². The van der Waals surface area contributed by atoms with E-state index in [1.54, 1.807) is 24.3 Å². The van der Waals surface area contributed by atoms with E-state index in [1.165, 1.54) is 4.90 Å². The molecule has 1 N–H and O–H groups in total. The number of nitrogens with one attached hydrogen (secondary N) is 1. The lowest BCUT2D eigenvalue weighted by atomic mass is 10.0. The molecule has 0 radical (unpaired) electrons. The van der Waals surface area contributed by atoms with Crippen molar-refractivity contribution in [1.29, 1.82) is 0 Å². The highest BCUT2D eigenvalue weighted by Crippen LogP contribution is 2.23. The van der Waals surface area contributed by atoms with Gasteiger partial charge in [-0.05, 0) is 41.8 Å². The first kappa shape index (κ1) is 31.2. The van der Waals surface area contributed by atoms with Gasteiger partial charge in [0.25, 0.3) is 0 Å². The zero-order valence-electron chi connectivity index (χ0n) is 22.3. The molecule has 1 atom stereocenters. The van der Waals surface area contributed by atoms with Gasteiger partial charge in [0.2, 0.25) is 21.8 Å². The normalized spacial score (nSPS) is 12.0. The molecule has 2 amide bonds. The number of halogens is 3. The Balaban J connectivity index is 2.03.